The molecule has 0 N–H and O–H groups in total. The Labute approximate surface area is 240 Å². The van der Waals surface area contributed by atoms with Gasteiger partial charge in [-0.15, -0.1) is 20.5 Å². The van der Waals surface area contributed by atoms with E-state index in [0.29, 0.717) is 21.8 Å². The van der Waals surface area contributed by atoms with E-state index in [1.807, 2.05) is 42.5 Å². The average Bonchev–Trinajstić information content (AvgIpc) is 3.47. The summed E-state index contributed by atoms with van der Waals surface area (Å²) in [6.45, 7) is 14.7. The number of thiophene rings is 1. The summed E-state index contributed by atoms with van der Waals surface area (Å²) in [6.07, 6.45) is 0.906. The zero-order chi connectivity index (χ0) is 28.0. The number of hydrogen-bond acceptors (Lipinski definition) is 9. The highest BCUT2D eigenvalue weighted by molar-refractivity contribution is 7.30. The SMILES string of the molecule is COc1ccc(N=Nc2nc3sc(N=Nc4ccc(CCO[Si](C(C)C)(C(C)C)C(C)C)cc4)cc3s2)cc1. The molecule has 0 amide bonds. The van der Waals surface area contributed by atoms with Gasteiger partial charge in [-0.1, -0.05) is 76.3 Å². The summed E-state index contributed by atoms with van der Waals surface area (Å²) in [6, 6.07) is 17.7. The first-order valence-electron chi connectivity index (χ1n) is 13.3. The average molecular weight is 580 g/mol. The lowest BCUT2D eigenvalue weighted by Crippen LogP contribution is -2.48. The van der Waals surface area contributed by atoms with Gasteiger partial charge in [0.05, 0.1) is 23.2 Å². The quantitative estimate of drug-likeness (QED) is 0.124. The fourth-order valence-corrected chi connectivity index (χ4v) is 12.5. The smallest absolute Gasteiger partial charge is 0.231 e. The standard InChI is InChI=1S/C29H37N5O2S2Si/c1-19(2)39(20(3)4,21(5)6)36-17-16-22-8-10-23(11-9-22)31-33-27-18-26-28(38-27)30-29(37-26)34-32-24-12-14-25(35-7)15-13-24/h8-15,18-21H,16-17H2,1-7H3. The molecule has 4 aromatic rings. The zero-order valence-corrected chi connectivity index (χ0v) is 26.3. The number of fused-ring (bicyclic) bond motifs is 1. The second-order valence-corrected chi connectivity index (χ2v) is 17.9. The summed E-state index contributed by atoms with van der Waals surface area (Å²) in [5, 5.41) is 18.8. The maximum Gasteiger partial charge on any atom is 0.231 e. The number of azo groups is 2. The number of methoxy groups -OCH3 is 1. The maximum absolute atomic E-state index is 6.71. The molecule has 0 aliphatic rings. The monoisotopic (exact) mass is 579 g/mol. The Morgan fingerprint density at radius 2 is 1.36 bits per heavy atom. The minimum Gasteiger partial charge on any atom is -0.497 e. The second kappa shape index (κ2) is 13.0. The number of benzene rings is 2. The molecule has 0 saturated carbocycles. The lowest BCUT2D eigenvalue weighted by molar-refractivity contribution is 0.281. The number of aromatic nitrogens is 1. The number of hydrogen-bond donors (Lipinski definition) is 0. The van der Waals surface area contributed by atoms with Gasteiger partial charge in [0.15, 0.2) is 8.32 Å². The van der Waals surface area contributed by atoms with Gasteiger partial charge in [-0.05, 0) is 71.1 Å². The van der Waals surface area contributed by atoms with Crippen molar-refractivity contribution in [3.63, 3.8) is 0 Å². The molecule has 0 unspecified atom stereocenters. The van der Waals surface area contributed by atoms with Crippen LogP contribution in [0.1, 0.15) is 47.1 Å². The van der Waals surface area contributed by atoms with E-state index >= 15 is 0 Å². The Bertz CT molecular complexity index is 1360. The van der Waals surface area contributed by atoms with E-state index in [2.05, 4.69) is 79.1 Å². The van der Waals surface area contributed by atoms with Crippen LogP contribution in [0.4, 0.5) is 21.5 Å². The number of ether oxygens (including phenoxy) is 1. The molecule has 0 saturated heterocycles. The molecule has 0 atom stereocenters. The van der Waals surface area contributed by atoms with E-state index < -0.39 is 8.32 Å². The molecule has 0 aliphatic carbocycles. The third kappa shape index (κ3) is 7.05. The first kappa shape index (κ1) is 29.2. The van der Waals surface area contributed by atoms with E-state index in [1.54, 1.807) is 7.11 Å². The Hall–Kier alpha value is -2.79. The van der Waals surface area contributed by atoms with Crippen molar-refractivity contribution in [3.05, 3.63) is 60.2 Å². The predicted octanol–water partition coefficient (Wildman–Crippen LogP) is 10.9. The van der Waals surface area contributed by atoms with Crippen molar-refractivity contribution >= 4 is 62.0 Å². The van der Waals surface area contributed by atoms with Crippen LogP contribution in [0.5, 0.6) is 5.75 Å². The van der Waals surface area contributed by atoms with Crippen LogP contribution in [0.2, 0.25) is 16.6 Å². The summed E-state index contributed by atoms with van der Waals surface area (Å²) >= 11 is 2.98. The van der Waals surface area contributed by atoms with Crippen molar-refractivity contribution in [2.45, 2.75) is 64.6 Å². The van der Waals surface area contributed by atoms with Gasteiger partial charge in [0, 0.05) is 6.61 Å². The van der Waals surface area contributed by atoms with E-state index in [-0.39, 0.29) is 0 Å². The molecular weight excluding hydrogens is 543 g/mol. The Morgan fingerprint density at radius 3 is 1.92 bits per heavy atom. The van der Waals surface area contributed by atoms with Gasteiger partial charge in [0.1, 0.15) is 15.6 Å². The summed E-state index contributed by atoms with van der Waals surface area (Å²) in [7, 11) is -0.193. The van der Waals surface area contributed by atoms with Crippen LogP contribution < -0.4 is 4.74 Å². The van der Waals surface area contributed by atoms with Gasteiger partial charge in [-0.3, -0.25) is 0 Å². The fourth-order valence-electron chi connectivity index (χ4n) is 5.24. The van der Waals surface area contributed by atoms with E-state index in [4.69, 9.17) is 9.16 Å². The van der Waals surface area contributed by atoms with Crippen LogP contribution >= 0.6 is 22.7 Å². The van der Waals surface area contributed by atoms with Crippen molar-refractivity contribution < 1.29 is 9.16 Å². The fraction of sp³-hybridized carbons (Fsp3) is 0.414. The van der Waals surface area contributed by atoms with E-state index in [1.165, 1.54) is 28.2 Å². The molecule has 0 fully saturated rings. The maximum atomic E-state index is 6.71. The molecule has 39 heavy (non-hydrogen) atoms. The Balaban J connectivity index is 1.33. The highest BCUT2D eigenvalue weighted by Gasteiger charge is 2.44. The molecule has 7 nitrogen and oxygen atoms in total. The van der Waals surface area contributed by atoms with Gasteiger partial charge in [0.25, 0.3) is 0 Å². The topological polar surface area (TPSA) is 80.8 Å². The summed E-state index contributed by atoms with van der Waals surface area (Å²) in [5.74, 6) is 0.786. The summed E-state index contributed by atoms with van der Waals surface area (Å²) < 4.78 is 12.9. The molecular formula is C29H37N5O2S2Si. The van der Waals surface area contributed by atoms with Crippen molar-refractivity contribution in [3.8, 4) is 5.75 Å². The molecule has 0 spiro atoms. The first-order valence-corrected chi connectivity index (χ1v) is 17.1. The number of rotatable bonds is 12. The van der Waals surface area contributed by atoms with Crippen LogP contribution in [-0.4, -0.2) is 27.0 Å². The van der Waals surface area contributed by atoms with Crippen LogP contribution in [0.3, 0.4) is 0 Å². The second-order valence-electron chi connectivity index (χ2n) is 10.4. The lowest BCUT2D eigenvalue weighted by atomic mass is 10.1. The van der Waals surface area contributed by atoms with Crippen molar-refractivity contribution in [2.75, 3.05) is 13.7 Å². The van der Waals surface area contributed by atoms with Gasteiger partial charge in [-0.25, -0.2) is 4.98 Å². The molecule has 0 radical (unpaired) electrons. The van der Waals surface area contributed by atoms with Crippen LogP contribution in [0, 0.1) is 0 Å². The largest absolute Gasteiger partial charge is 0.497 e. The van der Waals surface area contributed by atoms with E-state index in [9.17, 15) is 0 Å². The normalized spacial score (nSPS) is 12.8. The Kier molecular flexibility index (Phi) is 9.76. The van der Waals surface area contributed by atoms with Gasteiger partial charge in [-0.2, -0.15) is 0 Å². The van der Waals surface area contributed by atoms with Gasteiger partial charge in [0.2, 0.25) is 5.13 Å². The summed E-state index contributed by atoms with van der Waals surface area (Å²) in [5.41, 5.74) is 4.62. The molecule has 2 aromatic heterocycles. The molecule has 4 rings (SSSR count). The minimum atomic E-state index is -1.83. The first-order chi connectivity index (χ1) is 18.7. The predicted molar refractivity (Wildman–Crippen MR) is 166 cm³/mol. The Morgan fingerprint density at radius 1 is 0.769 bits per heavy atom. The van der Waals surface area contributed by atoms with Crippen molar-refractivity contribution in [1.82, 2.24) is 4.98 Å². The lowest BCUT2D eigenvalue weighted by Gasteiger charge is -2.42. The highest BCUT2D eigenvalue weighted by atomic mass is 32.1. The van der Waals surface area contributed by atoms with Crippen LogP contribution in [-0.2, 0) is 10.8 Å². The molecule has 206 valence electrons. The van der Waals surface area contributed by atoms with E-state index in [0.717, 1.165) is 44.7 Å². The van der Waals surface area contributed by atoms with Crippen molar-refractivity contribution in [1.29, 1.82) is 0 Å². The zero-order valence-electron chi connectivity index (χ0n) is 23.7. The van der Waals surface area contributed by atoms with Gasteiger partial charge < -0.3 is 9.16 Å². The van der Waals surface area contributed by atoms with Crippen LogP contribution in [0.25, 0.3) is 9.53 Å². The molecule has 2 aromatic carbocycles. The van der Waals surface area contributed by atoms with Crippen molar-refractivity contribution in [2.24, 2.45) is 20.5 Å². The summed E-state index contributed by atoms with van der Waals surface area (Å²) in [4.78, 5) is 5.45. The van der Waals surface area contributed by atoms with Crippen LogP contribution in [0.15, 0.2) is 75.1 Å². The molecule has 2 heterocycles. The highest BCUT2D eigenvalue weighted by Crippen LogP contribution is 2.42. The third-order valence-electron chi connectivity index (χ3n) is 7.04. The number of thiazole rings is 1. The van der Waals surface area contributed by atoms with Gasteiger partial charge >= 0.3 is 0 Å². The molecule has 10 heteroatoms. The minimum absolute atomic E-state index is 0.596. The number of nitrogens with zero attached hydrogens (tertiary/aromatic N) is 5. The molecule has 0 bridgehead atoms. The molecule has 0 aliphatic heterocycles. The third-order valence-corrected chi connectivity index (χ3v) is 15.1.